The number of aliphatic hydroxyl groups excluding tert-OH is 1. The zero-order chi connectivity index (χ0) is 62.2. The van der Waals surface area contributed by atoms with Crippen molar-refractivity contribution < 1.29 is 98.4 Å². The highest BCUT2D eigenvalue weighted by atomic mass is 16.4. The summed E-state index contributed by atoms with van der Waals surface area (Å²) in [5, 5.41) is 97.0. The first-order valence-electron chi connectivity index (χ1n) is 25.5. The molecule has 4 aromatic rings. The second-order valence-corrected chi connectivity index (χ2v) is 19.0. The summed E-state index contributed by atoms with van der Waals surface area (Å²) in [5.41, 5.74) is 12.0. The number of carbonyl (C=O) groups excluding carboxylic acids is 9. The zero-order valence-electron chi connectivity index (χ0n) is 44.6. The number of carboxylic acid groups (broad SMARTS) is 3. The minimum atomic E-state index is -2.09. The molecule has 0 bridgehead atoms. The van der Waals surface area contributed by atoms with Crippen LogP contribution in [0.3, 0.4) is 0 Å². The number of aromatic hydroxyl groups is 4. The van der Waals surface area contributed by atoms with Gasteiger partial charge in [-0.05, 0) is 77.2 Å². The normalized spacial score (nSPS) is 13.7. The Hall–Kier alpha value is -10.4. The molecule has 0 radical (unpaired) electrons. The first-order chi connectivity index (χ1) is 39.7. The van der Waals surface area contributed by atoms with Crippen LogP contribution in [0.5, 0.6) is 23.0 Å². The summed E-state index contributed by atoms with van der Waals surface area (Å²) in [6, 6.07) is 6.39. The number of carbonyl (C=O) groups is 12. The highest BCUT2D eigenvalue weighted by Crippen LogP contribution is 2.17. The molecular weight excluding hydrogens is 1110 g/mol. The molecule has 4 aromatic carbocycles. The average molecular weight is 1170 g/mol. The molecule has 20 N–H and O–H groups in total. The second kappa shape index (κ2) is 32.2. The van der Waals surface area contributed by atoms with Gasteiger partial charge in [-0.3, -0.25) is 57.5 Å². The predicted molar refractivity (Wildman–Crippen MR) is 289 cm³/mol. The minimum absolute atomic E-state index is 0.158. The Morgan fingerprint density at radius 2 is 0.631 bits per heavy atom. The zero-order valence-corrected chi connectivity index (χ0v) is 44.6. The van der Waals surface area contributed by atoms with Crippen molar-refractivity contribution in [1.29, 1.82) is 0 Å². The van der Waals surface area contributed by atoms with E-state index in [0.29, 0.717) is 5.56 Å². The minimum Gasteiger partial charge on any atom is -0.508 e. The van der Waals surface area contributed by atoms with Crippen LogP contribution in [0.25, 0.3) is 0 Å². The molecule has 0 unspecified atom stereocenters. The molecule has 0 saturated carbocycles. The van der Waals surface area contributed by atoms with Crippen molar-refractivity contribution in [3.8, 4) is 23.0 Å². The molecule has 30 heteroatoms. The third kappa shape index (κ3) is 22.6. The van der Waals surface area contributed by atoms with Crippen molar-refractivity contribution in [3.05, 3.63) is 119 Å². The number of phenolic OH excluding ortho intramolecular Hbond substituents is 4. The molecule has 4 rings (SSSR count). The summed E-state index contributed by atoms with van der Waals surface area (Å²) in [4.78, 5) is 158. The van der Waals surface area contributed by atoms with E-state index < -0.39 is 165 Å². The van der Waals surface area contributed by atoms with Crippen LogP contribution in [0.4, 0.5) is 0 Å². The van der Waals surface area contributed by atoms with Gasteiger partial charge in [-0.2, -0.15) is 0 Å². The number of benzene rings is 4. The van der Waals surface area contributed by atoms with Crippen LogP contribution in [-0.2, 0) is 83.2 Å². The van der Waals surface area contributed by atoms with Gasteiger partial charge in [-0.15, -0.1) is 0 Å². The third-order valence-corrected chi connectivity index (χ3v) is 12.3. The summed E-state index contributed by atoms with van der Waals surface area (Å²) in [6.07, 6.45) is -4.60. The van der Waals surface area contributed by atoms with Crippen molar-refractivity contribution in [1.82, 2.24) is 42.5 Å². The fourth-order valence-electron chi connectivity index (χ4n) is 7.90. The molecule has 0 aromatic heterocycles. The number of nitrogens with two attached hydrogens (primary N) is 2. The van der Waals surface area contributed by atoms with Gasteiger partial charge in [-0.25, -0.2) is 0 Å². The maximum Gasteiger partial charge on any atom is 0.322 e. The van der Waals surface area contributed by atoms with Crippen LogP contribution < -0.4 is 54.0 Å². The molecule has 0 aliphatic heterocycles. The first kappa shape index (κ1) is 66.2. The molecular formula is C54H64N10O20. The molecule has 84 heavy (non-hydrogen) atoms. The maximum absolute atomic E-state index is 14.6. The van der Waals surface area contributed by atoms with Gasteiger partial charge in [0.1, 0.15) is 71.8 Å². The summed E-state index contributed by atoms with van der Waals surface area (Å²) in [6.45, 7) is -1.95. The lowest BCUT2D eigenvalue weighted by molar-refractivity contribution is -0.142. The fourth-order valence-corrected chi connectivity index (χ4v) is 7.90. The van der Waals surface area contributed by atoms with Gasteiger partial charge in [0.2, 0.25) is 53.2 Å². The molecule has 30 nitrogen and oxygen atoms in total. The molecule has 0 heterocycles. The fraction of sp³-hybridized carbons (Fsp3) is 0.333. The predicted octanol–water partition coefficient (Wildman–Crippen LogP) is -4.09. The number of aliphatic hydroxyl groups is 1. The Labute approximate surface area is 477 Å². The van der Waals surface area contributed by atoms with Gasteiger partial charge in [-0.1, -0.05) is 48.5 Å². The molecule has 0 fully saturated rings. The third-order valence-electron chi connectivity index (χ3n) is 12.3. The molecule has 8 atom stereocenters. The highest BCUT2D eigenvalue weighted by Gasteiger charge is 2.36. The Balaban J connectivity index is 1.68. The van der Waals surface area contributed by atoms with Crippen LogP contribution in [0, 0.1) is 0 Å². The highest BCUT2D eigenvalue weighted by molar-refractivity contribution is 5.99. The monoisotopic (exact) mass is 1170 g/mol. The Morgan fingerprint density at radius 1 is 0.369 bits per heavy atom. The van der Waals surface area contributed by atoms with Crippen molar-refractivity contribution in [3.63, 3.8) is 0 Å². The number of primary amides is 1. The Kier molecular flexibility index (Phi) is 25.3. The van der Waals surface area contributed by atoms with Gasteiger partial charge >= 0.3 is 17.9 Å². The molecule has 0 aliphatic rings. The van der Waals surface area contributed by atoms with Gasteiger partial charge < -0.3 is 94.9 Å². The van der Waals surface area contributed by atoms with E-state index in [-0.39, 0.29) is 59.0 Å². The van der Waals surface area contributed by atoms with Crippen LogP contribution in [0.1, 0.15) is 47.9 Å². The van der Waals surface area contributed by atoms with Gasteiger partial charge in [0.05, 0.1) is 25.5 Å². The van der Waals surface area contributed by atoms with Crippen molar-refractivity contribution in [2.24, 2.45) is 11.5 Å². The molecule has 450 valence electrons. The van der Waals surface area contributed by atoms with E-state index in [4.69, 9.17) is 11.5 Å². The SMILES string of the molecule is NC(=O)CC[C@H](N)C(=O)N[C@@H](CO)C(=O)N[C@@H](Cc1ccc(O)cc1)C(=O)N[C@@H](CC(=O)O)C(=O)N[C@@H](Cc1ccc(O)cc1)C(=O)N[C@@H](Cc1ccc(O)cc1)C(=O)N[C@@H](CC(=O)O)C(=O)N[C@@H](Cc1ccc(O)cc1)C(=O)NCC(=O)O. The number of hydrogen-bond acceptors (Lipinski definition) is 18. The summed E-state index contributed by atoms with van der Waals surface area (Å²) in [5.74, 6) is -15.9. The number of hydrogen-bond donors (Lipinski definition) is 18. The maximum atomic E-state index is 14.6. The van der Waals surface area contributed by atoms with Crippen molar-refractivity contribution in [2.75, 3.05) is 13.2 Å². The van der Waals surface area contributed by atoms with Crippen LogP contribution in [0.2, 0.25) is 0 Å². The van der Waals surface area contributed by atoms with E-state index >= 15 is 0 Å². The summed E-state index contributed by atoms with van der Waals surface area (Å²) < 4.78 is 0. The van der Waals surface area contributed by atoms with E-state index in [1.807, 2.05) is 0 Å². The van der Waals surface area contributed by atoms with Gasteiger partial charge in [0.15, 0.2) is 0 Å². The standard InChI is InChI=1S/C54H64N10O20/c55-35(17-18-43(56)70)47(77)64-42(26-65)54(84)61-39(22-30-7-15-34(69)16-8-30)51(81)63-41(24-45(73)74)53(83)60-37(20-28-3-11-32(67)12-4-28)49(79)59-38(21-29-5-13-33(68)14-6-29)50(80)62-40(23-44(71)72)52(82)58-36(48(78)57-25-46(75)76)19-27-1-9-31(66)10-2-27/h1-16,35-42,65-69H,17-26,55H2,(H2,56,70)(H,57,78)(H,58,82)(H,59,79)(H,60,83)(H,61,84)(H,62,80)(H,63,81)(H,64,77)(H,71,72)(H,73,74)(H,75,76)/t35-,36-,37-,38-,39-,40-,41-,42-/m0/s1. The quantitative estimate of drug-likeness (QED) is 0.0216. The van der Waals surface area contributed by atoms with E-state index in [9.17, 15) is 98.4 Å². The van der Waals surface area contributed by atoms with Crippen LogP contribution >= 0.6 is 0 Å². The average Bonchev–Trinajstić information content (AvgIpc) is 3.58. The topological polar surface area (TPSA) is 515 Å². The lowest BCUT2D eigenvalue weighted by atomic mass is 10.0. The van der Waals surface area contributed by atoms with Crippen LogP contribution in [-0.4, -0.2) is 173 Å². The first-order valence-corrected chi connectivity index (χ1v) is 25.5. The number of amides is 9. The molecule has 0 aliphatic carbocycles. The van der Waals surface area contributed by atoms with E-state index in [1.165, 1.54) is 97.1 Å². The number of carboxylic acids is 3. The van der Waals surface area contributed by atoms with E-state index in [2.05, 4.69) is 42.5 Å². The van der Waals surface area contributed by atoms with E-state index in [1.54, 1.807) is 0 Å². The molecule has 0 saturated heterocycles. The van der Waals surface area contributed by atoms with Gasteiger partial charge in [0.25, 0.3) is 0 Å². The number of rotatable bonds is 33. The molecule has 0 spiro atoms. The number of nitrogens with one attached hydrogen (secondary N) is 8. The lowest BCUT2D eigenvalue weighted by Gasteiger charge is -2.28. The molecule has 9 amide bonds. The Morgan fingerprint density at radius 3 is 0.905 bits per heavy atom. The number of phenols is 4. The Bertz CT molecular complexity index is 3000. The largest absolute Gasteiger partial charge is 0.508 e. The van der Waals surface area contributed by atoms with Crippen molar-refractivity contribution >= 4 is 71.1 Å². The lowest BCUT2D eigenvalue weighted by Crippen LogP contribution is -2.61. The second-order valence-electron chi connectivity index (χ2n) is 19.0. The van der Waals surface area contributed by atoms with Crippen molar-refractivity contribution in [2.45, 2.75) is 99.7 Å². The summed E-state index contributed by atoms with van der Waals surface area (Å²) in [7, 11) is 0. The smallest absolute Gasteiger partial charge is 0.322 e. The van der Waals surface area contributed by atoms with E-state index in [0.717, 1.165) is 0 Å². The van der Waals surface area contributed by atoms with Crippen LogP contribution in [0.15, 0.2) is 97.1 Å². The van der Waals surface area contributed by atoms with Gasteiger partial charge in [0, 0.05) is 32.1 Å². The number of aliphatic carboxylic acids is 3. The summed E-state index contributed by atoms with van der Waals surface area (Å²) >= 11 is 0.